The van der Waals surface area contributed by atoms with Crippen LogP contribution in [0.3, 0.4) is 0 Å². The van der Waals surface area contributed by atoms with Gasteiger partial charge in [-0.15, -0.1) is 0 Å². The zero-order valence-electron chi connectivity index (χ0n) is 19.6. The summed E-state index contributed by atoms with van der Waals surface area (Å²) in [7, 11) is 1.60. The molecule has 0 aromatic heterocycles. The molecule has 9 nitrogen and oxygen atoms in total. The second-order valence-corrected chi connectivity index (χ2v) is 9.35. The van der Waals surface area contributed by atoms with Crippen molar-refractivity contribution < 1.29 is 28.2 Å². The van der Waals surface area contributed by atoms with Crippen molar-refractivity contribution in [1.29, 1.82) is 0 Å². The second kappa shape index (κ2) is 12.8. The molecule has 0 saturated carbocycles. The summed E-state index contributed by atoms with van der Waals surface area (Å²) in [5.74, 6) is 0.296. The van der Waals surface area contributed by atoms with Crippen LogP contribution >= 0.6 is 8.46 Å². The van der Waals surface area contributed by atoms with Gasteiger partial charge in [-0.1, -0.05) is 56.2 Å². The Morgan fingerprint density at radius 1 is 1.09 bits per heavy atom. The smallest absolute Gasteiger partial charge is 0.186 e. The number of azide groups is 1. The first-order valence-corrected chi connectivity index (χ1v) is 12.5. The van der Waals surface area contributed by atoms with Gasteiger partial charge in [-0.2, -0.15) is 0 Å². The molecular formula is C23H34N3O6P. The molecule has 2 heterocycles. The molecule has 0 spiro atoms. The summed E-state index contributed by atoms with van der Waals surface area (Å²) in [6.07, 6.45) is -1.13. The molecule has 3 unspecified atom stereocenters. The SMILES string of the molecule is CCC1O[C@@H](O[C@@H]2[C@@H](CCP=O)OC(OC)[C@@H]2OCc2ccccc2)C(N=[N+]=[N-])[C@@H](C)[C@@H]1C. The molecule has 2 saturated heterocycles. The van der Waals surface area contributed by atoms with Crippen molar-refractivity contribution in [3.63, 3.8) is 0 Å². The fourth-order valence-electron chi connectivity index (χ4n) is 4.63. The standard InChI is InChI=1S/C23H34N3O6P/c1-5-17-14(2)15(3)19(25-26-24)22(30-17)32-20-18(11-12-33-27)31-23(28-4)21(20)29-13-16-9-7-6-8-10-16/h6-10,14-15,17-23H,5,11-13H2,1-4H3/t14-,15-,17?,18+,19?,20+,21+,22-,23?/m0/s1. The first-order valence-electron chi connectivity index (χ1n) is 11.5. The Kier molecular flexibility index (Phi) is 10.1. The number of methoxy groups -OCH3 is 1. The van der Waals surface area contributed by atoms with Crippen molar-refractivity contribution in [2.45, 2.75) is 83.3 Å². The minimum atomic E-state index is -0.739. The number of benzene rings is 1. The van der Waals surface area contributed by atoms with Crippen LogP contribution < -0.4 is 0 Å². The summed E-state index contributed by atoms with van der Waals surface area (Å²) < 4.78 is 41.8. The van der Waals surface area contributed by atoms with Gasteiger partial charge in [0, 0.05) is 18.2 Å². The lowest BCUT2D eigenvalue weighted by Crippen LogP contribution is -2.52. The van der Waals surface area contributed by atoms with Crippen LogP contribution in [0.5, 0.6) is 0 Å². The fraction of sp³-hybridized carbons (Fsp3) is 0.739. The molecule has 182 valence electrons. The van der Waals surface area contributed by atoms with Crippen LogP contribution in [-0.4, -0.2) is 56.3 Å². The Labute approximate surface area is 196 Å². The van der Waals surface area contributed by atoms with Crippen LogP contribution in [0.25, 0.3) is 10.4 Å². The van der Waals surface area contributed by atoms with Gasteiger partial charge >= 0.3 is 0 Å². The Hall–Kier alpha value is -1.57. The zero-order chi connectivity index (χ0) is 23.8. The quantitative estimate of drug-likeness (QED) is 0.189. The minimum Gasteiger partial charge on any atom is -0.365 e. The van der Waals surface area contributed by atoms with Crippen LogP contribution in [0.4, 0.5) is 0 Å². The number of hydrogen-bond acceptors (Lipinski definition) is 7. The van der Waals surface area contributed by atoms with E-state index in [-0.39, 0.29) is 26.4 Å². The molecule has 1 aromatic carbocycles. The lowest BCUT2D eigenvalue weighted by atomic mass is 9.81. The molecule has 0 aliphatic carbocycles. The fourth-order valence-corrected chi connectivity index (χ4v) is 4.99. The molecule has 1 aromatic rings. The molecule has 0 bridgehead atoms. The van der Waals surface area contributed by atoms with E-state index in [4.69, 9.17) is 23.7 Å². The summed E-state index contributed by atoms with van der Waals surface area (Å²) in [4.78, 5) is 3.05. The van der Waals surface area contributed by atoms with Gasteiger partial charge in [-0.25, -0.2) is 0 Å². The minimum absolute atomic E-state index is 0.0158. The molecule has 9 atom stereocenters. The summed E-state index contributed by atoms with van der Waals surface area (Å²) in [5.41, 5.74) is 10.2. The molecule has 0 amide bonds. The van der Waals surface area contributed by atoms with Gasteiger partial charge in [-0.3, -0.25) is 4.57 Å². The van der Waals surface area contributed by atoms with Crippen molar-refractivity contribution in [2.75, 3.05) is 13.3 Å². The molecule has 0 N–H and O–H groups in total. The summed E-state index contributed by atoms with van der Waals surface area (Å²) in [6.45, 7) is 6.60. The van der Waals surface area contributed by atoms with Crippen LogP contribution in [0.15, 0.2) is 35.4 Å². The predicted molar refractivity (Wildman–Crippen MR) is 123 cm³/mol. The van der Waals surface area contributed by atoms with Crippen LogP contribution in [0, 0.1) is 11.8 Å². The van der Waals surface area contributed by atoms with Gasteiger partial charge in [0.2, 0.25) is 0 Å². The maximum absolute atomic E-state index is 11.2. The van der Waals surface area contributed by atoms with Gasteiger partial charge in [0.15, 0.2) is 21.0 Å². The zero-order valence-corrected chi connectivity index (χ0v) is 20.5. The van der Waals surface area contributed by atoms with E-state index in [0.29, 0.717) is 19.2 Å². The van der Waals surface area contributed by atoms with Gasteiger partial charge in [-0.05, 0) is 35.8 Å². The highest BCUT2D eigenvalue weighted by atomic mass is 31.1. The normalized spacial score (nSPS) is 36.5. The number of ether oxygens (including phenoxy) is 5. The van der Waals surface area contributed by atoms with Gasteiger partial charge in [0.25, 0.3) is 0 Å². The maximum atomic E-state index is 11.2. The third-order valence-electron chi connectivity index (χ3n) is 6.71. The highest BCUT2D eigenvalue weighted by molar-refractivity contribution is 7.23. The lowest BCUT2D eigenvalue weighted by molar-refractivity contribution is -0.263. The van der Waals surface area contributed by atoms with Crippen molar-refractivity contribution in [3.8, 4) is 0 Å². The topological polar surface area (TPSA) is 112 Å². The molecule has 2 aliphatic heterocycles. The molecule has 33 heavy (non-hydrogen) atoms. The lowest BCUT2D eigenvalue weighted by Gasteiger charge is -2.44. The average Bonchev–Trinajstić information content (AvgIpc) is 3.17. The number of nitrogens with zero attached hydrogens (tertiary/aromatic N) is 3. The Morgan fingerprint density at radius 3 is 2.45 bits per heavy atom. The molecular weight excluding hydrogens is 445 g/mol. The van der Waals surface area contributed by atoms with E-state index in [0.717, 1.165) is 12.0 Å². The largest absolute Gasteiger partial charge is 0.365 e. The van der Waals surface area contributed by atoms with E-state index < -0.39 is 36.9 Å². The molecule has 2 aliphatic rings. The summed E-state index contributed by atoms with van der Waals surface area (Å²) in [6, 6.07) is 9.34. The van der Waals surface area contributed by atoms with Gasteiger partial charge in [0.1, 0.15) is 12.2 Å². The van der Waals surface area contributed by atoms with E-state index in [1.807, 2.05) is 30.3 Å². The Balaban J connectivity index is 1.84. The third-order valence-corrected chi connectivity index (χ3v) is 7.15. The van der Waals surface area contributed by atoms with Crippen LogP contribution in [-0.2, 0) is 34.9 Å². The molecule has 2 fully saturated rings. The number of rotatable bonds is 11. The Bertz CT molecular complexity index is 796. The van der Waals surface area contributed by atoms with E-state index in [1.165, 1.54) is 0 Å². The van der Waals surface area contributed by atoms with Crippen LogP contribution in [0.2, 0.25) is 0 Å². The molecule has 3 rings (SSSR count). The third kappa shape index (κ3) is 6.31. The molecule has 0 radical (unpaired) electrons. The first kappa shape index (κ1) is 26.0. The van der Waals surface area contributed by atoms with E-state index in [2.05, 4.69) is 30.8 Å². The van der Waals surface area contributed by atoms with Gasteiger partial charge < -0.3 is 23.7 Å². The van der Waals surface area contributed by atoms with Crippen molar-refractivity contribution in [3.05, 3.63) is 46.3 Å². The van der Waals surface area contributed by atoms with Crippen LogP contribution in [0.1, 0.15) is 39.2 Å². The highest BCUT2D eigenvalue weighted by Gasteiger charge is 2.50. The average molecular weight is 480 g/mol. The van der Waals surface area contributed by atoms with E-state index >= 15 is 0 Å². The van der Waals surface area contributed by atoms with E-state index in [9.17, 15) is 10.1 Å². The maximum Gasteiger partial charge on any atom is 0.186 e. The second-order valence-electron chi connectivity index (χ2n) is 8.65. The first-order chi connectivity index (χ1) is 16.0. The van der Waals surface area contributed by atoms with Crippen molar-refractivity contribution in [1.82, 2.24) is 0 Å². The highest BCUT2D eigenvalue weighted by Crippen LogP contribution is 2.38. The van der Waals surface area contributed by atoms with E-state index in [1.54, 1.807) is 7.11 Å². The number of hydrogen-bond donors (Lipinski definition) is 0. The Morgan fingerprint density at radius 2 is 1.82 bits per heavy atom. The molecule has 10 heteroatoms. The summed E-state index contributed by atoms with van der Waals surface area (Å²) in [5, 5.41) is 4.02. The monoisotopic (exact) mass is 479 g/mol. The predicted octanol–water partition coefficient (Wildman–Crippen LogP) is 5.10. The van der Waals surface area contributed by atoms with Crippen molar-refractivity contribution in [2.24, 2.45) is 17.0 Å². The van der Waals surface area contributed by atoms with Gasteiger partial charge in [0.05, 0.1) is 24.9 Å². The summed E-state index contributed by atoms with van der Waals surface area (Å²) >= 11 is 0. The van der Waals surface area contributed by atoms with Crippen molar-refractivity contribution >= 4 is 8.46 Å².